The Morgan fingerprint density at radius 1 is 1.10 bits per heavy atom. The Kier molecular flexibility index (Phi) is 3.09. The molecule has 102 valence electrons. The number of para-hydroxylation sites is 1. The molecule has 1 aliphatic rings. The maximum absolute atomic E-state index is 5.81. The van der Waals surface area contributed by atoms with Gasteiger partial charge in [0, 0.05) is 21.7 Å². The average Bonchev–Trinajstić information content (AvgIpc) is 3.10. The van der Waals surface area contributed by atoms with E-state index in [9.17, 15) is 0 Å². The third-order valence-corrected chi connectivity index (χ3v) is 5.11. The van der Waals surface area contributed by atoms with Gasteiger partial charge in [-0.15, -0.1) is 11.3 Å². The summed E-state index contributed by atoms with van der Waals surface area (Å²) >= 11 is 1.97. The van der Waals surface area contributed by atoms with Crippen molar-refractivity contribution in [3.63, 3.8) is 0 Å². The van der Waals surface area contributed by atoms with Gasteiger partial charge in [-0.25, -0.2) is 0 Å². The number of hydrogen-bond acceptors (Lipinski definition) is 3. The normalized spacial score (nSPS) is 14.0. The number of fused-ring (bicyclic) bond motifs is 2. The van der Waals surface area contributed by atoms with E-state index < -0.39 is 0 Å². The van der Waals surface area contributed by atoms with Crippen molar-refractivity contribution < 1.29 is 4.42 Å². The first-order valence-corrected chi connectivity index (χ1v) is 7.99. The zero-order valence-corrected chi connectivity index (χ0v) is 12.1. The van der Waals surface area contributed by atoms with Crippen LogP contribution in [-0.2, 0) is 25.9 Å². The number of hydrogen-bond donors (Lipinski definition) is 1. The summed E-state index contributed by atoms with van der Waals surface area (Å²) < 4.78 is 5.81. The molecule has 4 rings (SSSR count). The van der Waals surface area contributed by atoms with Crippen LogP contribution in [0.1, 0.15) is 27.5 Å². The molecule has 0 unspecified atom stereocenters. The molecule has 0 bridgehead atoms. The van der Waals surface area contributed by atoms with Gasteiger partial charge < -0.3 is 9.73 Å². The summed E-state index contributed by atoms with van der Waals surface area (Å²) in [6.07, 6.45) is 3.90. The van der Waals surface area contributed by atoms with Crippen LogP contribution in [-0.4, -0.2) is 0 Å². The first kappa shape index (κ1) is 12.2. The monoisotopic (exact) mass is 283 g/mol. The number of thiophene rings is 1. The van der Waals surface area contributed by atoms with Gasteiger partial charge in [0.1, 0.15) is 11.3 Å². The van der Waals surface area contributed by atoms with E-state index in [1.165, 1.54) is 29.5 Å². The van der Waals surface area contributed by atoms with Crippen molar-refractivity contribution in [3.05, 3.63) is 57.5 Å². The lowest BCUT2D eigenvalue weighted by Gasteiger charge is -2.00. The van der Waals surface area contributed by atoms with Crippen LogP contribution in [0.4, 0.5) is 0 Å². The second-order valence-electron chi connectivity index (χ2n) is 5.37. The number of aryl methyl sites for hydroxylation is 2. The van der Waals surface area contributed by atoms with Gasteiger partial charge in [0.25, 0.3) is 0 Å². The highest BCUT2D eigenvalue weighted by molar-refractivity contribution is 7.12. The molecule has 0 aliphatic heterocycles. The summed E-state index contributed by atoms with van der Waals surface area (Å²) in [5, 5.41) is 4.66. The van der Waals surface area contributed by atoms with Crippen molar-refractivity contribution >= 4 is 22.3 Å². The summed E-state index contributed by atoms with van der Waals surface area (Å²) in [5.41, 5.74) is 2.55. The van der Waals surface area contributed by atoms with Crippen LogP contribution in [0.15, 0.2) is 40.8 Å². The van der Waals surface area contributed by atoms with Gasteiger partial charge in [0.15, 0.2) is 0 Å². The van der Waals surface area contributed by atoms with Gasteiger partial charge >= 0.3 is 0 Å². The second kappa shape index (κ2) is 5.08. The smallest absolute Gasteiger partial charge is 0.134 e. The predicted octanol–water partition coefficient (Wildman–Crippen LogP) is 4.27. The predicted molar refractivity (Wildman–Crippen MR) is 83.1 cm³/mol. The second-order valence-corrected chi connectivity index (χ2v) is 6.59. The molecule has 0 spiro atoms. The van der Waals surface area contributed by atoms with E-state index in [0.29, 0.717) is 0 Å². The van der Waals surface area contributed by atoms with Crippen molar-refractivity contribution in [2.75, 3.05) is 0 Å². The minimum absolute atomic E-state index is 0.789. The van der Waals surface area contributed by atoms with Crippen molar-refractivity contribution in [2.45, 2.75) is 32.4 Å². The van der Waals surface area contributed by atoms with Crippen LogP contribution in [0.25, 0.3) is 11.0 Å². The fourth-order valence-corrected chi connectivity index (χ4v) is 4.14. The van der Waals surface area contributed by atoms with Crippen LogP contribution in [0.2, 0.25) is 0 Å². The lowest BCUT2D eigenvalue weighted by atomic mass is 10.2. The molecule has 0 atom stereocenters. The molecule has 20 heavy (non-hydrogen) atoms. The molecule has 3 heteroatoms. The summed E-state index contributed by atoms with van der Waals surface area (Å²) in [5.74, 6) is 1.01. The summed E-state index contributed by atoms with van der Waals surface area (Å²) in [4.78, 5) is 3.05. The SMILES string of the molecule is c1ccc2oc(CNCc3cc4c(s3)CCC4)cc2c1. The highest BCUT2D eigenvalue weighted by Crippen LogP contribution is 2.30. The van der Waals surface area contributed by atoms with Gasteiger partial charge in [-0.05, 0) is 43.0 Å². The van der Waals surface area contributed by atoms with E-state index in [0.717, 1.165) is 24.4 Å². The standard InChI is InChI=1S/C17H17NOS/c1-2-6-16-12(4-1)8-14(19-16)10-18-11-15-9-13-5-3-7-17(13)20-15/h1-2,4,6,8-9,18H,3,5,7,10-11H2. The third-order valence-electron chi connectivity index (χ3n) is 3.87. The molecular weight excluding hydrogens is 266 g/mol. The van der Waals surface area contributed by atoms with Crippen LogP contribution < -0.4 is 5.32 Å². The van der Waals surface area contributed by atoms with Gasteiger partial charge in [-0.1, -0.05) is 18.2 Å². The van der Waals surface area contributed by atoms with E-state index in [1.54, 1.807) is 10.4 Å². The fraction of sp³-hybridized carbons (Fsp3) is 0.294. The minimum atomic E-state index is 0.789. The lowest BCUT2D eigenvalue weighted by Crippen LogP contribution is -2.11. The van der Waals surface area contributed by atoms with Crippen molar-refractivity contribution in [1.29, 1.82) is 0 Å². The highest BCUT2D eigenvalue weighted by atomic mass is 32.1. The lowest BCUT2D eigenvalue weighted by molar-refractivity contribution is 0.515. The third kappa shape index (κ3) is 2.28. The number of rotatable bonds is 4. The van der Waals surface area contributed by atoms with E-state index in [-0.39, 0.29) is 0 Å². The van der Waals surface area contributed by atoms with Crippen LogP contribution in [0.5, 0.6) is 0 Å². The van der Waals surface area contributed by atoms with Crippen LogP contribution in [0, 0.1) is 0 Å². The zero-order chi connectivity index (χ0) is 13.4. The summed E-state index contributed by atoms with van der Waals surface area (Å²) in [7, 11) is 0. The van der Waals surface area contributed by atoms with E-state index in [4.69, 9.17) is 4.42 Å². The Hall–Kier alpha value is -1.58. The van der Waals surface area contributed by atoms with Crippen molar-refractivity contribution in [3.8, 4) is 0 Å². The molecule has 0 amide bonds. The molecule has 2 aromatic heterocycles. The molecule has 1 N–H and O–H groups in total. The first-order valence-electron chi connectivity index (χ1n) is 7.17. The maximum atomic E-state index is 5.81. The Balaban J connectivity index is 1.40. The van der Waals surface area contributed by atoms with Gasteiger partial charge in [0.05, 0.1) is 6.54 Å². The molecule has 1 aromatic carbocycles. The van der Waals surface area contributed by atoms with Gasteiger partial charge in [-0.3, -0.25) is 0 Å². The molecule has 0 radical (unpaired) electrons. The quantitative estimate of drug-likeness (QED) is 0.773. The number of nitrogens with one attached hydrogen (secondary N) is 1. The molecule has 0 saturated heterocycles. The van der Waals surface area contributed by atoms with E-state index in [2.05, 4.69) is 23.5 Å². The van der Waals surface area contributed by atoms with Crippen LogP contribution >= 0.6 is 11.3 Å². The van der Waals surface area contributed by atoms with Crippen molar-refractivity contribution in [1.82, 2.24) is 5.32 Å². The summed E-state index contributed by atoms with van der Waals surface area (Å²) in [6, 6.07) is 12.7. The molecule has 1 aliphatic carbocycles. The van der Waals surface area contributed by atoms with E-state index >= 15 is 0 Å². The van der Waals surface area contributed by atoms with Gasteiger partial charge in [0.2, 0.25) is 0 Å². The molecule has 2 heterocycles. The summed E-state index contributed by atoms with van der Waals surface area (Å²) in [6.45, 7) is 1.73. The maximum Gasteiger partial charge on any atom is 0.134 e. The average molecular weight is 283 g/mol. The highest BCUT2D eigenvalue weighted by Gasteiger charge is 2.14. The largest absolute Gasteiger partial charge is 0.460 e. The number of benzene rings is 1. The van der Waals surface area contributed by atoms with Gasteiger partial charge in [-0.2, -0.15) is 0 Å². The topological polar surface area (TPSA) is 25.2 Å². The Bertz CT molecular complexity index is 686. The molecule has 3 aromatic rings. The molecule has 0 saturated carbocycles. The first-order chi connectivity index (χ1) is 9.88. The Labute approximate surface area is 122 Å². The molecular formula is C17H17NOS. The van der Waals surface area contributed by atoms with Crippen LogP contribution in [0.3, 0.4) is 0 Å². The zero-order valence-electron chi connectivity index (χ0n) is 11.3. The van der Waals surface area contributed by atoms with Crippen molar-refractivity contribution in [2.24, 2.45) is 0 Å². The fourth-order valence-electron chi connectivity index (χ4n) is 2.91. The van der Waals surface area contributed by atoms with E-state index in [1.807, 2.05) is 29.5 Å². The molecule has 0 fully saturated rings. The minimum Gasteiger partial charge on any atom is -0.460 e. The Morgan fingerprint density at radius 2 is 2.05 bits per heavy atom. The molecule has 2 nitrogen and oxygen atoms in total. The Morgan fingerprint density at radius 3 is 2.95 bits per heavy atom. The number of furan rings is 1.